The first-order valence-corrected chi connectivity index (χ1v) is 6.05. The van der Waals surface area contributed by atoms with Crippen molar-refractivity contribution in [3.05, 3.63) is 29.7 Å². The van der Waals surface area contributed by atoms with Gasteiger partial charge in [-0.25, -0.2) is 0 Å². The van der Waals surface area contributed by atoms with E-state index in [1.165, 1.54) is 6.07 Å². The molecule has 2 heterocycles. The summed E-state index contributed by atoms with van der Waals surface area (Å²) < 4.78 is 42.3. The van der Waals surface area contributed by atoms with Gasteiger partial charge in [-0.1, -0.05) is 5.16 Å². The summed E-state index contributed by atoms with van der Waals surface area (Å²) in [6.45, 7) is 0. The molecule has 1 fully saturated rings. The number of nitrogens with two attached hydrogens (primary N) is 1. The molecule has 20 heavy (non-hydrogen) atoms. The molecule has 1 aliphatic rings. The largest absolute Gasteiger partial charge is 0.417 e. The molecule has 0 bridgehead atoms. The van der Waals surface area contributed by atoms with Crippen LogP contribution in [0.4, 0.5) is 13.2 Å². The zero-order valence-corrected chi connectivity index (χ0v) is 10.3. The average Bonchev–Trinajstić information content (AvgIpc) is 2.85. The van der Waals surface area contributed by atoms with Crippen LogP contribution in [-0.4, -0.2) is 15.1 Å². The van der Waals surface area contributed by atoms with Crippen molar-refractivity contribution in [2.24, 2.45) is 5.73 Å². The van der Waals surface area contributed by atoms with Gasteiger partial charge in [0.2, 0.25) is 0 Å². The number of alkyl halides is 3. The molecule has 1 saturated carbocycles. The Kier molecular flexibility index (Phi) is 2.79. The van der Waals surface area contributed by atoms with Crippen LogP contribution in [-0.2, 0) is 11.7 Å². The fourth-order valence-corrected chi connectivity index (χ4v) is 2.00. The van der Waals surface area contributed by atoms with E-state index < -0.39 is 17.3 Å². The summed E-state index contributed by atoms with van der Waals surface area (Å²) in [6.07, 6.45) is -1.14. The maximum Gasteiger partial charge on any atom is 0.417 e. The van der Waals surface area contributed by atoms with Crippen LogP contribution in [0.1, 0.15) is 30.7 Å². The van der Waals surface area contributed by atoms with Gasteiger partial charge in [0.05, 0.1) is 11.1 Å². The fraction of sp³-hybridized carbons (Fsp3) is 0.417. The topological polar surface area (TPSA) is 77.8 Å². The Labute approximate surface area is 112 Å². The van der Waals surface area contributed by atoms with Crippen molar-refractivity contribution in [3.8, 4) is 11.6 Å². The molecular formula is C12H11F3N4O. The lowest BCUT2D eigenvalue weighted by atomic mass is 9.77. The lowest BCUT2D eigenvalue weighted by Gasteiger charge is -2.34. The maximum absolute atomic E-state index is 12.4. The highest BCUT2D eigenvalue weighted by atomic mass is 19.4. The Hall–Kier alpha value is -1.96. The Morgan fingerprint density at radius 1 is 1.25 bits per heavy atom. The summed E-state index contributed by atoms with van der Waals surface area (Å²) in [7, 11) is 0. The van der Waals surface area contributed by atoms with Gasteiger partial charge in [0.25, 0.3) is 5.89 Å². The van der Waals surface area contributed by atoms with E-state index in [1.807, 2.05) is 0 Å². The van der Waals surface area contributed by atoms with Gasteiger partial charge in [-0.05, 0) is 31.4 Å². The molecule has 2 aromatic rings. The molecule has 0 spiro atoms. The number of hydrogen-bond donors (Lipinski definition) is 1. The van der Waals surface area contributed by atoms with E-state index in [1.54, 1.807) is 0 Å². The molecule has 0 amide bonds. The van der Waals surface area contributed by atoms with Crippen molar-refractivity contribution >= 4 is 0 Å². The second-order valence-electron chi connectivity index (χ2n) is 4.86. The summed E-state index contributed by atoms with van der Waals surface area (Å²) in [6, 6.07) is 2.12. The first kappa shape index (κ1) is 13.0. The Morgan fingerprint density at radius 2 is 2.00 bits per heavy atom. The molecule has 8 heteroatoms. The van der Waals surface area contributed by atoms with Crippen molar-refractivity contribution < 1.29 is 17.7 Å². The third-order valence-corrected chi connectivity index (χ3v) is 3.43. The van der Waals surface area contributed by atoms with Crippen LogP contribution in [0, 0.1) is 0 Å². The van der Waals surface area contributed by atoms with E-state index in [4.69, 9.17) is 10.3 Å². The Morgan fingerprint density at radius 3 is 2.50 bits per heavy atom. The van der Waals surface area contributed by atoms with Crippen molar-refractivity contribution in [3.63, 3.8) is 0 Å². The number of hydrogen-bond acceptors (Lipinski definition) is 5. The van der Waals surface area contributed by atoms with Crippen LogP contribution in [0.2, 0.25) is 0 Å². The van der Waals surface area contributed by atoms with Crippen molar-refractivity contribution in [1.82, 2.24) is 15.1 Å². The third kappa shape index (κ3) is 2.15. The van der Waals surface area contributed by atoms with E-state index in [0.29, 0.717) is 5.82 Å². The summed E-state index contributed by atoms with van der Waals surface area (Å²) in [5.41, 5.74) is 4.84. The molecule has 0 aliphatic heterocycles. The van der Waals surface area contributed by atoms with Crippen LogP contribution >= 0.6 is 0 Å². The number of nitrogens with zero attached hydrogens (tertiary/aromatic N) is 3. The summed E-state index contributed by atoms with van der Waals surface area (Å²) in [5, 5.41) is 3.78. The minimum Gasteiger partial charge on any atom is -0.332 e. The predicted molar refractivity (Wildman–Crippen MR) is 62.2 cm³/mol. The predicted octanol–water partition coefficient (Wildman–Crippen LogP) is 2.49. The first-order chi connectivity index (χ1) is 9.38. The van der Waals surface area contributed by atoms with Crippen molar-refractivity contribution in [1.29, 1.82) is 0 Å². The van der Waals surface area contributed by atoms with Crippen molar-refractivity contribution in [2.45, 2.75) is 31.0 Å². The molecule has 0 atom stereocenters. The highest BCUT2D eigenvalue weighted by molar-refractivity contribution is 5.47. The molecule has 0 unspecified atom stereocenters. The van der Waals surface area contributed by atoms with Crippen LogP contribution in [0.25, 0.3) is 11.6 Å². The molecule has 2 aromatic heterocycles. The number of pyridine rings is 1. The van der Waals surface area contributed by atoms with Gasteiger partial charge in [-0.2, -0.15) is 18.2 Å². The van der Waals surface area contributed by atoms with Crippen LogP contribution < -0.4 is 5.73 Å². The van der Waals surface area contributed by atoms with E-state index >= 15 is 0 Å². The van der Waals surface area contributed by atoms with Crippen LogP contribution in [0.3, 0.4) is 0 Å². The molecule has 5 nitrogen and oxygen atoms in total. The van der Waals surface area contributed by atoms with Gasteiger partial charge in [-0.3, -0.25) is 4.98 Å². The first-order valence-electron chi connectivity index (χ1n) is 6.05. The smallest absolute Gasteiger partial charge is 0.332 e. The summed E-state index contributed by atoms with van der Waals surface area (Å²) in [5.74, 6) is 0.450. The highest BCUT2D eigenvalue weighted by Gasteiger charge is 2.39. The maximum atomic E-state index is 12.4. The van der Waals surface area contributed by atoms with Gasteiger partial charge in [0.15, 0.2) is 5.82 Å². The summed E-state index contributed by atoms with van der Waals surface area (Å²) in [4.78, 5) is 7.82. The molecule has 2 N–H and O–H groups in total. The Bertz CT molecular complexity index is 616. The summed E-state index contributed by atoms with van der Waals surface area (Å²) >= 11 is 0. The van der Waals surface area contributed by atoms with E-state index in [9.17, 15) is 13.2 Å². The quantitative estimate of drug-likeness (QED) is 0.916. The van der Waals surface area contributed by atoms with Crippen LogP contribution in [0.15, 0.2) is 22.9 Å². The highest BCUT2D eigenvalue weighted by Crippen LogP contribution is 2.37. The molecule has 0 aromatic carbocycles. The average molecular weight is 284 g/mol. The monoisotopic (exact) mass is 284 g/mol. The lowest BCUT2D eigenvalue weighted by molar-refractivity contribution is -0.137. The minimum atomic E-state index is -4.42. The zero-order valence-electron chi connectivity index (χ0n) is 10.3. The zero-order chi connectivity index (χ0) is 14.4. The SMILES string of the molecule is NC1(c2noc(-c3ccc(C(F)(F)F)cn3)n2)CCC1. The number of halogens is 3. The lowest BCUT2D eigenvalue weighted by Crippen LogP contribution is -2.44. The number of rotatable bonds is 2. The van der Waals surface area contributed by atoms with Crippen molar-refractivity contribution in [2.75, 3.05) is 0 Å². The standard InChI is InChI=1S/C12H11F3N4O/c13-12(14,15)7-2-3-8(17-6-7)9-18-10(19-20-9)11(16)4-1-5-11/h2-3,6H,1,4-5,16H2. The van der Waals surface area contributed by atoms with Gasteiger partial charge in [-0.15, -0.1) is 0 Å². The third-order valence-electron chi connectivity index (χ3n) is 3.43. The van der Waals surface area contributed by atoms with Gasteiger partial charge in [0, 0.05) is 6.20 Å². The van der Waals surface area contributed by atoms with E-state index in [0.717, 1.165) is 31.5 Å². The molecule has 106 valence electrons. The second kappa shape index (κ2) is 4.27. The molecular weight excluding hydrogens is 273 g/mol. The van der Waals surface area contributed by atoms with Gasteiger partial charge >= 0.3 is 6.18 Å². The molecule has 0 radical (unpaired) electrons. The minimum absolute atomic E-state index is 0.0745. The Balaban J connectivity index is 1.86. The molecule has 1 aliphatic carbocycles. The second-order valence-corrected chi connectivity index (χ2v) is 4.86. The van der Waals surface area contributed by atoms with E-state index in [2.05, 4.69) is 15.1 Å². The van der Waals surface area contributed by atoms with Gasteiger partial charge < -0.3 is 10.3 Å². The van der Waals surface area contributed by atoms with Gasteiger partial charge in [0.1, 0.15) is 5.69 Å². The fourth-order valence-electron chi connectivity index (χ4n) is 2.00. The molecule has 0 saturated heterocycles. The van der Waals surface area contributed by atoms with E-state index in [-0.39, 0.29) is 11.6 Å². The molecule has 3 rings (SSSR count). The normalized spacial score (nSPS) is 17.8. The number of aromatic nitrogens is 3. The van der Waals surface area contributed by atoms with Crippen LogP contribution in [0.5, 0.6) is 0 Å².